The molecule has 0 N–H and O–H groups in total. The van der Waals surface area contributed by atoms with Crippen molar-refractivity contribution in [1.29, 1.82) is 0 Å². The van der Waals surface area contributed by atoms with Crippen molar-refractivity contribution < 1.29 is 102 Å². The largest absolute Gasteiger partial charge is 0.466 e. The van der Waals surface area contributed by atoms with Crippen molar-refractivity contribution in [1.82, 2.24) is 0 Å². The van der Waals surface area contributed by atoms with E-state index in [-0.39, 0.29) is 56.2 Å². The number of carbonyl (C=O) groups is 3. The first kappa shape index (κ1) is 77.5. The fraction of sp³-hybridized carbons (Fsp3) is 0.625. The second kappa shape index (κ2) is 33.6. The zero-order valence-electron chi connectivity index (χ0n) is 56.7. The molecule has 0 aliphatic carbocycles. The molecule has 94 heavy (non-hydrogen) atoms. The van der Waals surface area contributed by atoms with Gasteiger partial charge in [0.25, 0.3) is 11.2 Å². The number of methoxy groups -OCH3 is 3. The van der Waals surface area contributed by atoms with E-state index in [1.807, 2.05) is 84.1 Å². The Labute approximate surface area is 550 Å². The van der Waals surface area contributed by atoms with Crippen LogP contribution in [0.4, 0.5) is 26.3 Å². The Morgan fingerprint density at radius 1 is 0.479 bits per heavy atom. The highest BCUT2D eigenvalue weighted by Crippen LogP contribution is 2.47. The van der Waals surface area contributed by atoms with E-state index in [1.54, 1.807) is 52.8 Å². The fourth-order valence-corrected chi connectivity index (χ4v) is 13.2. The van der Waals surface area contributed by atoms with E-state index in [9.17, 15) is 14.4 Å². The first-order valence-electron chi connectivity index (χ1n) is 32.3. The minimum absolute atomic E-state index is 0.000278. The number of hydrogen-bond donors (Lipinski definition) is 0. The van der Waals surface area contributed by atoms with Gasteiger partial charge < -0.3 is 61.6 Å². The number of esters is 3. The van der Waals surface area contributed by atoms with Crippen LogP contribution in [0.2, 0.25) is 0 Å². The predicted octanol–water partition coefficient (Wildman–Crippen LogP) is 15.2. The number of alkyl halides is 6. The molecule has 2 aromatic rings. The highest BCUT2D eigenvalue weighted by Gasteiger charge is 2.66. The lowest BCUT2D eigenvalue weighted by Crippen LogP contribution is -2.53. The summed E-state index contributed by atoms with van der Waals surface area (Å²) < 4.78 is 170. The Hall–Kier alpha value is -5.53. The summed E-state index contributed by atoms with van der Waals surface area (Å²) in [5.74, 6) is -9.18. The van der Waals surface area contributed by atoms with Gasteiger partial charge in [-0.3, -0.25) is 0 Å². The Morgan fingerprint density at radius 3 is 1.19 bits per heavy atom. The average molecular weight is 1330 g/mol. The van der Waals surface area contributed by atoms with Gasteiger partial charge in [0.1, 0.15) is 12.2 Å². The summed E-state index contributed by atoms with van der Waals surface area (Å²) in [7, 11) is 2.86. The van der Waals surface area contributed by atoms with Crippen molar-refractivity contribution in [2.45, 2.75) is 255 Å². The molecule has 524 valence electrons. The molecule has 22 heteroatoms. The van der Waals surface area contributed by atoms with Crippen LogP contribution < -0.4 is 0 Å². The number of hydrogen-bond acceptors (Lipinski definition) is 16. The second-order valence-corrected chi connectivity index (χ2v) is 26.7. The Morgan fingerprint density at radius 2 is 0.819 bits per heavy atom. The van der Waals surface area contributed by atoms with Gasteiger partial charge in [0.2, 0.25) is 0 Å². The van der Waals surface area contributed by atoms with E-state index in [1.165, 1.54) is 49.6 Å². The van der Waals surface area contributed by atoms with Crippen LogP contribution in [-0.2, 0) is 87.2 Å². The van der Waals surface area contributed by atoms with Gasteiger partial charge in [0.15, 0.2) is 23.1 Å². The molecule has 0 bridgehead atoms. The van der Waals surface area contributed by atoms with Crippen molar-refractivity contribution in [3.63, 3.8) is 0 Å². The summed E-state index contributed by atoms with van der Waals surface area (Å²) in [6.07, 6.45) is 9.89. The van der Waals surface area contributed by atoms with Gasteiger partial charge in [-0.25, -0.2) is 14.4 Å². The van der Waals surface area contributed by atoms with Crippen LogP contribution in [0.25, 0.3) is 0 Å². The van der Waals surface area contributed by atoms with Crippen LogP contribution in [0, 0.1) is 11.8 Å². The molecule has 4 aliphatic rings. The highest BCUT2D eigenvalue weighted by atomic mass is 19.4. The first-order chi connectivity index (χ1) is 44.0. The van der Waals surface area contributed by atoms with Crippen molar-refractivity contribution in [2.24, 2.45) is 11.8 Å². The third-order valence-corrected chi connectivity index (χ3v) is 16.8. The number of benzene rings is 2. The van der Waals surface area contributed by atoms with E-state index in [4.69, 9.17) is 56.8 Å². The normalized spacial score (nSPS) is 27.4. The molecule has 4 fully saturated rings. The average Bonchev–Trinajstić information content (AvgIpc) is 0.765. The molecule has 0 aromatic heterocycles. The van der Waals surface area contributed by atoms with Crippen LogP contribution in [0.15, 0.2) is 134 Å². The summed E-state index contributed by atoms with van der Waals surface area (Å²) >= 11 is 0. The molecule has 4 heterocycles. The maximum absolute atomic E-state index is 15.4. The second-order valence-electron chi connectivity index (χ2n) is 26.7. The van der Waals surface area contributed by atoms with Gasteiger partial charge in [-0.1, -0.05) is 148 Å². The number of ether oxygens (including phenoxy) is 13. The summed E-state index contributed by atoms with van der Waals surface area (Å²) in [4.78, 5) is 39.5. The smallest absolute Gasteiger partial charge is 0.432 e. The number of allylic oxidation sites excluding steroid dienone is 10. The fourth-order valence-electron chi connectivity index (χ4n) is 13.2. The van der Waals surface area contributed by atoms with Gasteiger partial charge in [-0.05, 0) is 86.5 Å². The third kappa shape index (κ3) is 22.0. The van der Waals surface area contributed by atoms with Crippen LogP contribution in [0.3, 0.4) is 0 Å². The quantitative estimate of drug-likeness (QED) is 0.0247. The van der Waals surface area contributed by atoms with E-state index < -0.39 is 118 Å². The van der Waals surface area contributed by atoms with E-state index >= 15 is 26.3 Å². The van der Waals surface area contributed by atoms with E-state index in [0.29, 0.717) is 44.9 Å². The molecule has 2 aromatic carbocycles. The lowest BCUT2D eigenvalue weighted by atomic mass is 9.87. The highest BCUT2D eigenvalue weighted by molar-refractivity contribution is 5.84. The lowest BCUT2D eigenvalue weighted by Gasteiger charge is -2.47. The SMILES string of the molecule is COC(=O)/C=C/C=C/C=C/C=C/C=C/C=C/C[C@H]1C[C@H](C[C@H]2C[C@@H](C[C@@H]3C[C@@H](C[C@@H]4C[C@H](C[C@H](CC[C@H](C)[C@@H](OC(=O)[C@@](OC)(c5ccccc5)C(F)(F)F)C(C)C)OC(=O)[C@@](OC)(c5ccccc5)C(F)(F)F)OC(C)(C)O4)OC(C)(C)O3)OC(C)(C)O2)OC(C)(C)O1. The maximum Gasteiger partial charge on any atom is 0.432 e. The predicted molar refractivity (Wildman–Crippen MR) is 339 cm³/mol. The Bertz CT molecular complexity index is 2900. The molecule has 4 aliphatic heterocycles. The van der Waals surface area contributed by atoms with Crippen molar-refractivity contribution in [2.75, 3.05) is 21.3 Å². The summed E-state index contributed by atoms with van der Waals surface area (Å²) in [5.41, 5.74) is -8.04. The van der Waals surface area contributed by atoms with Gasteiger partial charge in [-0.2, -0.15) is 26.3 Å². The Kier molecular flexibility index (Phi) is 27.7. The van der Waals surface area contributed by atoms with Gasteiger partial charge in [0, 0.05) is 82.8 Å². The van der Waals surface area contributed by atoms with Crippen LogP contribution in [-0.4, -0.2) is 136 Å². The molecule has 16 nitrogen and oxygen atoms in total. The van der Waals surface area contributed by atoms with Crippen LogP contribution >= 0.6 is 0 Å². The molecule has 0 radical (unpaired) electrons. The molecule has 0 saturated carbocycles. The van der Waals surface area contributed by atoms with Crippen molar-refractivity contribution in [3.05, 3.63) is 145 Å². The van der Waals surface area contributed by atoms with Gasteiger partial charge >= 0.3 is 30.3 Å². The minimum Gasteiger partial charge on any atom is -0.466 e. The van der Waals surface area contributed by atoms with Crippen molar-refractivity contribution in [3.8, 4) is 0 Å². The number of rotatable bonds is 29. The standard InChI is InChI=1S/C72H98F6O16/c1-48(2)62(86-64(81)70(84-14,72(76,77)78)51-34-28-25-29-35-51)49(3)38-39-52(85-63(80)69(83-13,71(73,74)75)50-32-26-24-27-33-50)40-54-42-56(90-66(6,7)88-54)44-58-46-60(94-68(10,11)92-58)47-59-45-57(91-67(8,9)93-59)43-55-41-53(87-65(4,5)89-55)36-30-22-20-18-16-15-17-19-21-23-31-37-61(79)82-12/h15-35,37,48-49,52-60,62H,36,38-47H2,1-14H3/b16-15+,19-17+,20-18+,23-21+,30-22+,37-31+/t49-,52-,53-,54-,55+,56-,57-,58+,59-,60-,62-,69-,70-/m0/s1. The molecule has 0 spiro atoms. The molecule has 6 rings (SSSR count). The summed E-state index contributed by atoms with van der Waals surface area (Å²) in [6, 6.07) is 12.8. The molecule has 13 atom stereocenters. The van der Waals surface area contributed by atoms with Crippen LogP contribution in [0.1, 0.15) is 158 Å². The monoisotopic (exact) mass is 1330 g/mol. The Balaban J connectivity index is 1.13. The summed E-state index contributed by atoms with van der Waals surface area (Å²) in [5, 5.41) is 0. The molecule has 0 unspecified atom stereocenters. The van der Waals surface area contributed by atoms with E-state index in [0.717, 1.165) is 38.5 Å². The zero-order valence-corrected chi connectivity index (χ0v) is 56.7. The van der Waals surface area contributed by atoms with Gasteiger partial charge in [-0.15, -0.1) is 0 Å². The van der Waals surface area contributed by atoms with Crippen molar-refractivity contribution >= 4 is 17.9 Å². The van der Waals surface area contributed by atoms with E-state index in [2.05, 4.69) is 10.8 Å². The zero-order chi connectivity index (χ0) is 69.3. The van der Waals surface area contributed by atoms with Crippen LogP contribution in [0.5, 0.6) is 0 Å². The number of carbonyl (C=O) groups excluding carboxylic acids is 3. The molecular weight excluding hydrogens is 1230 g/mol. The lowest BCUT2D eigenvalue weighted by molar-refractivity contribution is -0.339. The third-order valence-electron chi connectivity index (χ3n) is 16.8. The van der Waals surface area contributed by atoms with Gasteiger partial charge in [0.05, 0.1) is 55.9 Å². The summed E-state index contributed by atoms with van der Waals surface area (Å²) in [6.45, 7) is 19.7. The minimum atomic E-state index is -5.31. The molecular formula is C72H98F6O16. The number of halogens is 6. The topological polar surface area (TPSA) is 171 Å². The first-order valence-corrected chi connectivity index (χ1v) is 32.3. The maximum atomic E-state index is 15.4. The molecule has 4 saturated heterocycles. The molecule has 0 amide bonds.